The normalized spacial score (nSPS) is 9.95. The van der Waals surface area contributed by atoms with E-state index >= 15 is 0 Å². The summed E-state index contributed by atoms with van der Waals surface area (Å²) in [5.74, 6) is -1.11. The number of nitrogens with one attached hydrogen (secondary N) is 2. The number of nitrogens with zero attached hydrogens (tertiary/aromatic N) is 1. The maximum absolute atomic E-state index is 11.8. The van der Waals surface area contributed by atoms with Gasteiger partial charge >= 0.3 is 5.00 Å². The van der Waals surface area contributed by atoms with Gasteiger partial charge in [0, 0.05) is 21.5 Å². The van der Waals surface area contributed by atoms with Crippen molar-refractivity contribution in [3.05, 3.63) is 61.4 Å². The Morgan fingerprint density at radius 1 is 1.10 bits per heavy atom. The lowest BCUT2D eigenvalue weighted by Gasteiger charge is -2.06. The fourth-order valence-corrected chi connectivity index (χ4v) is 2.37. The zero-order valence-electron chi connectivity index (χ0n) is 10.3. The summed E-state index contributed by atoms with van der Waals surface area (Å²) in [6.45, 7) is 0. The van der Waals surface area contributed by atoms with Crippen molar-refractivity contribution in [3.8, 4) is 0 Å². The molecule has 2 rings (SSSR count). The van der Waals surface area contributed by atoms with Gasteiger partial charge in [0.05, 0.1) is 10.5 Å². The van der Waals surface area contributed by atoms with Gasteiger partial charge in [-0.15, -0.1) is 0 Å². The van der Waals surface area contributed by atoms with Gasteiger partial charge in [-0.25, -0.2) is 0 Å². The molecular weight excluding hydrogens is 362 g/mol. The van der Waals surface area contributed by atoms with Crippen molar-refractivity contribution in [2.75, 3.05) is 0 Å². The van der Waals surface area contributed by atoms with Crippen LogP contribution in [0.2, 0.25) is 0 Å². The van der Waals surface area contributed by atoms with E-state index in [0.717, 1.165) is 21.9 Å². The van der Waals surface area contributed by atoms with Gasteiger partial charge in [0.1, 0.15) is 0 Å². The van der Waals surface area contributed by atoms with Gasteiger partial charge in [-0.05, 0) is 24.3 Å². The molecule has 0 atom stereocenters. The summed E-state index contributed by atoms with van der Waals surface area (Å²) < 4.78 is 0.827. The second kappa shape index (κ2) is 6.46. The number of halogens is 1. The van der Waals surface area contributed by atoms with Gasteiger partial charge in [0.25, 0.3) is 11.8 Å². The van der Waals surface area contributed by atoms with E-state index < -0.39 is 16.7 Å². The number of rotatable bonds is 3. The van der Waals surface area contributed by atoms with Crippen molar-refractivity contribution < 1.29 is 14.5 Å². The van der Waals surface area contributed by atoms with Crippen LogP contribution in [-0.4, -0.2) is 16.7 Å². The molecule has 1 heterocycles. The maximum Gasteiger partial charge on any atom is 0.324 e. The highest BCUT2D eigenvalue weighted by Crippen LogP contribution is 2.22. The highest BCUT2D eigenvalue weighted by Gasteiger charge is 2.15. The molecule has 1 aromatic heterocycles. The average molecular weight is 370 g/mol. The first-order valence-corrected chi connectivity index (χ1v) is 7.24. The molecule has 1 aromatic carbocycles. The second-order valence-corrected chi connectivity index (χ2v) is 5.65. The number of benzene rings is 1. The predicted molar refractivity (Wildman–Crippen MR) is 80.0 cm³/mol. The molecule has 7 nitrogen and oxygen atoms in total. The number of hydrogen-bond donors (Lipinski definition) is 2. The minimum absolute atomic E-state index is 0.114. The van der Waals surface area contributed by atoms with Crippen LogP contribution in [0.3, 0.4) is 0 Å². The van der Waals surface area contributed by atoms with Crippen LogP contribution in [0.1, 0.15) is 20.7 Å². The predicted octanol–water partition coefficient (Wildman–Crippen LogP) is 2.49. The van der Waals surface area contributed by atoms with Crippen molar-refractivity contribution >= 4 is 44.1 Å². The van der Waals surface area contributed by atoms with Crippen LogP contribution < -0.4 is 10.9 Å². The monoisotopic (exact) mass is 369 g/mol. The molecule has 0 spiro atoms. The van der Waals surface area contributed by atoms with Gasteiger partial charge in [-0.1, -0.05) is 27.3 Å². The zero-order valence-corrected chi connectivity index (χ0v) is 12.7. The van der Waals surface area contributed by atoms with Crippen molar-refractivity contribution in [2.24, 2.45) is 0 Å². The summed E-state index contributed by atoms with van der Waals surface area (Å²) in [5.41, 5.74) is 4.92. The third-order valence-corrected chi connectivity index (χ3v) is 3.83. The molecule has 0 unspecified atom stereocenters. The lowest BCUT2D eigenvalue weighted by molar-refractivity contribution is -0.380. The Hall–Kier alpha value is -2.26. The lowest BCUT2D eigenvalue weighted by Crippen LogP contribution is -2.41. The molecule has 0 aliphatic rings. The van der Waals surface area contributed by atoms with E-state index in [4.69, 9.17) is 0 Å². The summed E-state index contributed by atoms with van der Waals surface area (Å²) in [7, 11) is 0. The summed E-state index contributed by atoms with van der Waals surface area (Å²) in [5, 5.41) is 11.7. The molecule has 2 amide bonds. The first kappa shape index (κ1) is 15.1. The summed E-state index contributed by atoms with van der Waals surface area (Å²) >= 11 is 4.09. The SMILES string of the molecule is O=C(NNC(=O)c1csc([N+](=O)[O-])c1)c1ccc(Br)cc1. The number of thiophene rings is 1. The Kier molecular flexibility index (Phi) is 4.66. The summed E-state index contributed by atoms with van der Waals surface area (Å²) in [6.07, 6.45) is 0. The fraction of sp³-hybridized carbons (Fsp3) is 0. The Labute approximate surface area is 131 Å². The molecule has 2 aromatic rings. The van der Waals surface area contributed by atoms with Crippen LogP contribution in [0, 0.1) is 10.1 Å². The van der Waals surface area contributed by atoms with E-state index in [1.54, 1.807) is 24.3 Å². The largest absolute Gasteiger partial charge is 0.324 e. The van der Waals surface area contributed by atoms with Crippen LogP contribution in [0.5, 0.6) is 0 Å². The van der Waals surface area contributed by atoms with Crippen LogP contribution in [0.4, 0.5) is 5.00 Å². The van der Waals surface area contributed by atoms with Gasteiger partial charge in [-0.3, -0.25) is 30.6 Å². The van der Waals surface area contributed by atoms with E-state index in [2.05, 4.69) is 26.8 Å². The summed E-state index contributed by atoms with van der Waals surface area (Å²) in [6, 6.07) is 7.70. The van der Waals surface area contributed by atoms with Crippen LogP contribution >= 0.6 is 27.3 Å². The minimum Gasteiger partial charge on any atom is -0.267 e. The molecule has 0 saturated heterocycles. The van der Waals surface area contributed by atoms with Crippen LogP contribution in [0.15, 0.2) is 40.2 Å². The topological polar surface area (TPSA) is 101 Å². The zero-order chi connectivity index (χ0) is 15.4. The molecule has 0 aliphatic carbocycles. The first-order valence-electron chi connectivity index (χ1n) is 5.56. The lowest BCUT2D eigenvalue weighted by atomic mass is 10.2. The summed E-state index contributed by atoms with van der Waals surface area (Å²) in [4.78, 5) is 33.4. The van der Waals surface area contributed by atoms with Crippen molar-refractivity contribution in [1.82, 2.24) is 10.9 Å². The van der Waals surface area contributed by atoms with Gasteiger partial charge in [0.15, 0.2) is 0 Å². The molecule has 9 heteroatoms. The fourth-order valence-electron chi connectivity index (χ4n) is 1.40. The Morgan fingerprint density at radius 2 is 1.67 bits per heavy atom. The Balaban J connectivity index is 1.95. The molecular formula is C12H8BrN3O4S. The second-order valence-electron chi connectivity index (χ2n) is 3.85. The van der Waals surface area contributed by atoms with Crippen LogP contribution in [-0.2, 0) is 0 Å². The molecule has 108 valence electrons. The molecule has 0 radical (unpaired) electrons. The average Bonchev–Trinajstić information content (AvgIpc) is 2.95. The third-order valence-electron chi connectivity index (χ3n) is 2.42. The Morgan fingerprint density at radius 3 is 2.19 bits per heavy atom. The molecule has 0 fully saturated rings. The molecule has 0 saturated carbocycles. The first-order chi connectivity index (χ1) is 9.97. The number of carbonyl (C=O) groups excluding carboxylic acids is 2. The molecule has 21 heavy (non-hydrogen) atoms. The molecule has 0 bridgehead atoms. The Bertz CT molecular complexity index is 699. The van der Waals surface area contributed by atoms with Crippen LogP contribution in [0.25, 0.3) is 0 Å². The minimum atomic E-state index is -0.621. The standard InChI is InChI=1S/C12H8BrN3O4S/c13-9-3-1-7(2-4-9)11(17)14-15-12(18)8-5-10(16(19)20)21-6-8/h1-6H,(H,14,17)(H,15,18). The molecule has 2 N–H and O–H groups in total. The smallest absolute Gasteiger partial charge is 0.267 e. The number of nitro groups is 1. The van der Waals surface area contributed by atoms with Gasteiger partial charge in [-0.2, -0.15) is 0 Å². The van der Waals surface area contributed by atoms with E-state index in [-0.39, 0.29) is 10.6 Å². The molecule has 0 aliphatic heterocycles. The van der Waals surface area contributed by atoms with Crippen molar-refractivity contribution in [3.63, 3.8) is 0 Å². The number of amides is 2. The van der Waals surface area contributed by atoms with Crippen molar-refractivity contribution in [2.45, 2.75) is 0 Å². The van der Waals surface area contributed by atoms with E-state index in [0.29, 0.717) is 5.56 Å². The van der Waals surface area contributed by atoms with Gasteiger partial charge in [0.2, 0.25) is 0 Å². The highest BCUT2D eigenvalue weighted by atomic mass is 79.9. The highest BCUT2D eigenvalue weighted by molar-refractivity contribution is 9.10. The quantitative estimate of drug-likeness (QED) is 0.640. The number of hydrazine groups is 1. The van der Waals surface area contributed by atoms with E-state index in [1.165, 1.54) is 5.38 Å². The number of carbonyl (C=O) groups is 2. The number of hydrogen-bond acceptors (Lipinski definition) is 5. The van der Waals surface area contributed by atoms with E-state index in [9.17, 15) is 19.7 Å². The third kappa shape index (κ3) is 3.86. The maximum atomic E-state index is 11.8. The van der Waals surface area contributed by atoms with Gasteiger partial charge < -0.3 is 0 Å². The van der Waals surface area contributed by atoms with E-state index in [1.807, 2.05) is 0 Å². The van der Waals surface area contributed by atoms with Crippen molar-refractivity contribution in [1.29, 1.82) is 0 Å².